The van der Waals surface area contributed by atoms with Gasteiger partial charge in [0, 0.05) is 18.9 Å². The topological polar surface area (TPSA) is 28.2 Å². The van der Waals surface area contributed by atoms with Gasteiger partial charge in [0.05, 0.1) is 0 Å². The normalized spacial score (nSPS) is 17.8. The maximum atomic E-state index is 4.18. The van der Waals surface area contributed by atoms with E-state index in [1.54, 1.807) is 0 Å². The average molecular weight is 261 g/mol. The summed E-state index contributed by atoms with van der Waals surface area (Å²) in [5.41, 5.74) is 2.64. The lowest BCUT2D eigenvalue weighted by atomic mass is 9.99. The highest BCUT2D eigenvalue weighted by Crippen LogP contribution is 2.15. The van der Waals surface area contributed by atoms with Crippen molar-refractivity contribution in [3.05, 3.63) is 29.6 Å². The van der Waals surface area contributed by atoms with Gasteiger partial charge in [0.15, 0.2) is 0 Å². The fourth-order valence-electron chi connectivity index (χ4n) is 2.62. The Kier molecular flexibility index (Phi) is 5.80. The van der Waals surface area contributed by atoms with E-state index in [1.165, 1.54) is 50.0 Å². The van der Waals surface area contributed by atoms with Gasteiger partial charge in [-0.2, -0.15) is 0 Å². The van der Waals surface area contributed by atoms with Crippen LogP contribution in [-0.2, 0) is 6.54 Å². The quantitative estimate of drug-likeness (QED) is 0.798. The number of hydrogen-bond donors (Lipinski definition) is 1. The van der Waals surface area contributed by atoms with Crippen LogP contribution in [0.15, 0.2) is 18.5 Å². The standard InChI is InChI=1S/C16H27N3/c1-14-5-10-19(11-6-14)9-3-7-17-12-16-13-18-8-4-15(16)2/h4,8,13-14,17H,3,5-7,9-12H2,1-2H3. The third-order valence-corrected chi connectivity index (χ3v) is 4.17. The second kappa shape index (κ2) is 7.61. The molecule has 1 N–H and O–H groups in total. The van der Waals surface area contributed by atoms with Crippen LogP contribution in [0.5, 0.6) is 0 Å². The van der Waals surface area contributed by atoms with Gasteiger partial charge >= 0.3 is 0 Å². The summed E-state index contributed by atoms with van der Waals surface area (Å²) in [4.78, 5) is 6.78. The van der Waals surface area contributed by atoms with Crippen LogP contribution in [0.4, 0.5) is 0 Å². The first kappa shape index (κ1) is 14.5. The van der Waals surface area contributed by atoms with Crippen LogP contribution >= 0.6 is 0 Å². The zero-order chi connectivity index (χ0) is 13.5. The molecule has 1 fully saturated rings. The van der Waals surface area contributed by atoms with Crippen molar-refractivity contribution in [1.82, 2.24) is 15.2 Å². The number of piperidine rings is 1. The summed E-state index contributed by atoms with van der Waals surface area (Å²) in [5.74, 6) is 0.933. The second-order valence-corrected chi connectivity index (χ2v) is 5.86. The minimum atomic E-state index is 0.933. The Balaban J connectivity index is 1.56. The van der Waals surface area contributed by atoms with E-state index in [1.807, 2.05) is 12.4 Å². The van der Waals surface area contributed by atoms with Gasteiger partial charge in [-0.05, 0) is 75.5 Å². The highest BCUT2D eigenvalue weighted by Gasteiger charge is 2.14. The number of hydrogen-bond acceptors (Lipinski definition) is 3. The molecular formula is C16H27N3. The molecule has 1 aromatic rings. The average Bonchev–Trinajstić information content (AvgIpc) is 2.42. The molecule has 0 unspecified atom stereocenters. The molecule has 0 saturated carbocycles. The molecule has 0 bridgehead atoms. The van der Waals surface area contributed by atoms with Crippen molar-refractivity contribution >= 4 is 0 Å². The Morgan fingerprint density at radius 2 is 2.16 bits per heavy atom. The van der Waals surface area contributed by atoms with Crippen molar-refractivity contribution in [2.45, 2.75) is 39.7 Å². The number of aromatic nitrogens is 1. The predicted octanol–water partition coefficient (Wildman–Crippen LogP) is 2.60. The van der Waals surface area contributed by atoms with Crippen molar-refractivity contribution in [2.75, 3.05) is 26.2 Å². The summed E-state index contributed by atoms with van der Waals surface area (Å²) in [6.07, 6.45) is 7.82. The van der Waals surface area contributed by atoms with Crippen LogP contribution in [0.2, 0.25) is 0 Å². The molecule has 0 spiro atoms. The van der Waals surface area contributed by atoms with Crippen molar-refractivity contribution in [2.24, 2.45) is 5.92 Å². The van der Waals surface area contributed by atoms with E-state index in [0.29, 0.717) is 0 Å². The molecule has 3 heteroatoms. The lowest BCUT2D eigenvalue weighted by Crippen LogP contribution is -2.34. The fourth-order valence-corrected chi connectivity index (χ4v) is 2.62. The molecule has 0 radical (unpaired) electrons. The van der Waals surface area contributed by atoms with Crippen LogP contribution in [0.3, 0.4) is 0 Å². The number of rotatable bonds is 6. The largest absolute Gasteiger partial charge is 0.313 e. The maximum Gasteiger partial charge on any atom is 0.0315 e. The zero-order valence-corrected chi connectivity index (χ0v) is 12.4. The van der Waals surface area contributed by atoms with E-state index in [9.17, 15) is 0 Å². The van der Waals surface area contributed by atoms with E-state index in [-0.39, 0.29) is 0 Å². The molecular weight excluding hydrogens is 234 g/mol. The van der Waals surface area contributed by atoms with Crippen molar-refractivity contribution in [3.8, 4) is 0 Å². The lowest BCUT2D eigenvalue weighted by molar-refractivity contribution is 0.190. The summed E-state index contributed by atoms with van der Waals surface area (Å²) in [6, 6.07) is 2.08. The maximum absolute atomic E-state index is 4.18. The molecule has 1 aromatic heterocycles. The van der Waals surface area contributed by atoms with Crippen molar-refractivity contribution in [1.29, 1.82) is 0 Å². The second-order valence-electron chi connectivity index (χ2n) is 5.86. The summed E-state index contributed by atoms with van der Waals surface area (Å²) in [6.45, 7) is 10.4. The number of pyridine rings is 1. The first-order valence-corrected chi connectivity index (χ1v) is 7.58. The van der Waals surface area contributed by atoms with Gasteiger partial charge < -0.3 is 10.2 Å². The highest BCUT2D eigenvalue weighted by molar-refractivity contribution is 5.20. The molecule has 3 nitrogen and oxygen atoms in total. The summed E-state index contributed by atoms with van der Waals surface area (Å²) < 4.78 is 0. The van der Waals surface area contributed by atoms with Crippen LogP contribution in [0, 0.1) is 12.8 Å². The summed E-state index contributed by atoms with van der Waals surface area (Å²) >= 11 is 0. The van der Waals surface area contributed by atoms with E-state index in [2.05, 4.69) is 35.1 Å². The lowest BCUT2D eigenvalue weighted by Gasteiger charge is -2.30. The molecule has 2 heterocycles. The Labute approximate surface area is 117 Å². The minimum absolute atomic E-state index is 0.933. The molecule has 0 aliphatic carbocycles. The molecule has 106 valence electrons. The third kappa shape index (κ3) is 4.92. The minimum Gasteiger partial charge on any atom is -0.313 e. The monoisotopic (exact) mass is 261 g/mol. The van der Waals surface area contributed by atoms with Gasteiger partial charge in [0.25, 0.3) is 0 Å². The van der Waals surface area contributed by atoms with Crippen LogP contribution in [0.1, 0.15) is 37.3 Å². The predicted molar refractivity (Wildman–Crippen MR) is 80.1 cm³/mol. The van der Waals surface area contributed by atoms with Crippen LogP contribution in [-0.4, -0.2) is 36.1 Å². The number of likely N-dealkylation sites (tertiary alicyclic amines) is 1. The Morgan fingerprint density at radius 3 is 2.89 bits per heavy atom. The Bertz CT molecular complexity index is 370. The Morgan fingerprint density at radius 1 is 1.37 bits per heavy atom. The van der Waals surface area contributed by atoms with E-state index in [4.69, 9.17) is 0 Å². The van der Waals surface area contributed by atoms with E-state index < -0.39 is 0 Å². The SMILES string of the molecule is Cc1ccncc1CNCCCN1CCC(C)CC1. The van der Waals surface area contributed by atoms with Gasteiger partial charge in [-0.3, -0.25) is 4.98 Å². The van der Waals surface area contributed by atoms with Crippen LogP contribution < -0.4 is 5.32 Å². The van der Waals surface area contributed by atoms with Gasteiger partial charge in [-0.15, -0.1) is 0 Å². The van der Waals surface area contributed by atoms with E-state index >= 15 is 0 Å². The zero-order valence-electron chi connectivity index (χ0n) is 12.4. The molecule has 0 atom stereocenters. The third-order valence-electron chi connectivity index (χ3n) is 4.17. The number of aryl methyl sites for hydroxylation is 1. The molecule has 1 aliphatic heterocycles. The summed E-state index contributed by atoms with van der Waals surface area (Å²) in [5, 5.41) is 3.52. The fraction of sp³-hybridized carbons (Fsp3) is 0.688. The van der Waals surface area contributed by atoms with Crippen molar-refractivity contribution < 1.29 is 0 Å². The molecule has 0 amide bonds. The smallest absolute Gasteiger partial charge is 0.0315 e. The first-order chi connectivity index (χ1) is 9.25. The molecule has 19 heavy (non-hydrogen) atoms. The van der Waals surface area contributed by atoms with Gasteiger partial charge in [-0.1, -0.05) is 6.92 Å². The summed E-state index contributed by atoms with van der Waals surface area (Å²) in [7, 11) is 0. The van der Waals surface area contributed by atoms with Gasteiger partial charge in [0.2, 0.25) is 0 Å². The highest BCUT2D eigenvalue weighted by atomic mass is 15.1. The number of nitrogens with zero attached hydrogens (tertiary/aromatic N) is 2. The molecule has 1 aliphatic rings. The van der Waals surface area contributed by atoms with E-state index in [0.717, 1.165) is 19.0 Å². The molecule has 1 saturated heterocycles. The van der Waals surface area contributed by atoms with Gasteiger partial charge in [0.1, 0.15) is 0 Å². The molecule has 2 rings (SSSR count). The molecule has 0 aromatic carbocycles. The Hall–Kier alpha value is -0.930. The number of nitrogens with one attached hydrogen (secondary N) is 1. The van der Waals surface area contributed by atoms with Gasteiger partial charge in [-0.25, -0.2) is 0 Å². The van der Waals surface area contributed by atoms with Crippen LogP contribution in [0.25, 0.3) is 0 Å². The van der Waals surface area contributed by atoms with Crippen molar-refractivity contribution in [3.63, 3.8) is 0 Å². The first-order valence-electron chi connectivity index (χ1n) is 7.58.